The Morgan fingerprint density at radius 2 is 1.36 bits per heavy atom. The van der Waals surface area contributed by atoms with Gasteiger partial charge in [0.15, 0.2) is 17.9 Å². The lowest BCUT2D eigenvalue weighted by Crippen LogP contribution is -2.25. The molecule has 5 heteroatoms. The van der Waals surface area contributed by atoms with E-state index in [1.807, 2.05) is 19.1 Å². The lowest BCUT2D eigenvalue weighted by Gasteiger charge is -2.28. The zero-order chi connectivity index (χ0) is 27.6. The van der Waals surface area contributed by atoms with Crippen LogP contribution >= 0.6 is 0 Å². The minimum Gasteiger partial charge on any atom is -0.348 e. The van der Waals surface area contributed by atoms with Crippen molar-refractivity contribution in [3.05, 3.63) is 95.3 Å². The number of hydrogen-bond acceptors (Lipinski definition) is 2. The molecule has 1 heterocycles. The summed E-state index contributed by atoms with van der Waals surface area (Å²) in [5.74, 6) is -1.79. The predicted octanol–water partition coefficient (Wildman–Crippen LogP) is 9.97. The van der Waals surface area contributed by atoms with E-state index in [0.717, 1.165) is 19.3 Å². The highest BCUT2D eigenvalue weighted by Crippen LogP contribution is 2.33. The number of benzene rings is 3. The number of hydrogen-bond donors (Lipinski definition) is 0. The maximum atomic E-state index is 15.0. The van der Waals surface area contributed by atoms with Gasteiger partial charge in [-0.1, -0.05) is 106 Å². The van der Waals surface area contributed by atoms with Crippen molar-refractivity contribution in [2.75, 3.05) is 13.2 Å². The van der Waals surface area contributed by atoms with E-state index in [1.54, 1.807) is 48.5 Å². The second-order valence-electron chi connectivity index (χ2n) is 10.4. The Balaban J connectivity index is 1.39. The quantitative estimate of drug-likeness (QED) is 0.169. The van der Waals surface area contributed by atoms with Crippen molar-refractivity contribution in [1.82, 2.24) is 0 Å². The molecule has 0 aliphatic carbocycles. The van der Waals surface area contributed by atoms with Crippen LogP contribution < -0.4 is 0 Å². The van der Waals surface area contributed by atoms with Gasteiger partial charge in [0.25, 0.3) is 0 Å². The van der Waals surface area contributed by atoms with Crippen LogP contribution in [0.3, 0.4) is 0 Å². The molecule has 2 nitrogen and oxygen atoms in total. The fraction of sp³-hybridized carbons (Fsp3) is 0.412. The van der Waals surface area contributed by atoms with Crippen LogP contribution in [0.15, 0.2) is 66.7 Å². The van der Waals surface area contributed by atoms with Crippen LogP contribution in [0.25, 0.3) is 22.3 Å². The van der Waals surface area contributed by atoms with E-state index in [2.05, 4.69) is 6.92 Å². The van der Waals surface area contributed by atoms with Gasteiger partial charge in [0.05, 0.1) is 13.2 Å². The first-order valence-corrected chi connectivity index (χ1v) is 14.2. The van der Waals surface area contributed by atoms with E-state index < -0.39 is 23.7 Å². The molecule has 0 aromatic heterocycles. The first-order valence-electron chi connectivity index (χ1n) is 14.2. The molecule has 0 atom stereocenters. The van der Waals surface area contributed by atoms with Gasteiger partial charge in [-0.15, -0.1) is 0 Å². The van der Waals surface area contributed by atoms with E-state index in [1.165, 1.54) is 31.7 Å². The van der Waals surface area contributed by atoms with Crippen molar-refractivity contribution in [1.29, 1.82) is 0 Å². The molecule has 0 amide bonds. The van der Waals surface area contributed by atoms with Gasteiger partial charge in [-0.25, -0.2) is 13.2 Å². The van der Waals surface area contributed by atoms with E-state index in [9.17, 15) is 8.78 Å². The Hall–Kier alpha value is -2.89. The molecule has 1 aliphatic heterocycles. The van der Waals surface area contributed by atoms with Crippen LogP contribution in [0.2, 0.25) is 0 Å². The lowest BCUT2D eigenvalue weighted by atomic mass is 9.96. The van der Waals surface area contributed by atoms with Crippen LogP contribution in [0.1, 0.15) is 76.2 Å². The molecule has 1 saturated heterocycles. The summed E-state index contributed by atoms with van der Waals surface area (Å²) in [6.45, 7) is 5.20. The first-order chi connectivity index (χ1) is 19.0. The zero-order valence-corrected chi connectivity index (χ0v) is 23.0. The topological polar surface area (TPSA) is 18.5 Å². The standard InChI is InChI=1S/C34H39F3O2/c1-3-5-6-7-8-9-10-12-27-17-20-30(33(37)32(27)36)26-15-13-25(14-16-26)29-19-18-28(21-31(29)35)34-38-22-24(11-4-2)23-39-34/h4,11,13-21,24,34H,3,5-10,12,22-23H2,1-2H3. The second-order valence-corrected chi connectivity index (χ2v) is 10.4. The van der Waals surface area contributed by atoms with Gasteiger partial charge in [-0.2, -0.15) is 0 Å². The molecule has 3 aromatic rings. The summed E-state index contributed by atoms with van der Waals surface area (Å²) >= 11 is 0. The minimum absolute atomic E-state index is 0.202. The highest BCUT2D eigenvalue weighted by atomic mass is 19.2. The van der Waals surface area contributed by atoms with Crippen LogP contribution in [0, 0.1) is 23.4 Å². The maximum Gasteiger partial charge on any atom is 0.183 e. The molecular formula is C34H39F3O2. The summed E-state index contributed by atoms with van der Waals surface area (Å²) in [5.41, 5.74) is 2.88. The Kier molecular flexibility index (Phi) is 10.8. The largest absolute Gasteiger partial charge is 0.348 e. The molecule has 0 unspecified atom stereocenters. The predicted molar refractivity (Wildman–Crippen MR) is 152 cm³/mol. The fourth-order valence-corrected chi connectivity index (χ4v) is 5.11. The van der Waals surface area contributed by atoms with Gasteiger partial charge in [-0.3, -0.25) is 0 Å². The van der Waals surface area contributed by atoms with Gasteiger partial charge >= 0.3 is 0 Å². The molecule has 1 fully saturated rings. The van der Waals surface area contributed by atoms with Gasteiger partial charge in [0.2, 0.25) is 0 Å². The number of halogens is 3. The molecule has 0 N–H and O–H groups in total. The average Bonchev–Trinajstić information content (AvgIpc) is 2.95. The SMILES string of the molecule is CC=CC1COC(c2ccc(-c3ccc(-c4ccc(CCCCCCCCC)c(F)c4F)cc3)c(F)c2)OC1. The molecule has 0 spiro atoms. The lowest BCUT2D eigenvalue weighted by molar-refractivity contribution is -0.197. The van der Waals surface area contributed by atoms with E-state index in [4.69, 9.17) is 9.47 Å². The molecule has 208 valence electrons. The number of rotatable bonds is 12. The van der Waals surface area contributed by atoms with Crippen molar-refractivity contribution in [2.24, 2.45) is 5.92 Å². The summed E-state index contributed by atoms with van der Waals surface area (Å²) in [7, 11) is 0. The van der Waals surface area contributed by atoms with Crippen molar-refractivity contribution in [3.8, 4) is 22.3 Å². The normalized spacial score (nSPS) is 17.7. The third-order valence-corrected chi connectivity index (χ3v) is 7.37. The van der Waals surface area contributed by atoms with Crippen molar-refractivity contribution in [3.63, 3.8) is 0 Å². The molecule has 1 aliphatic rings. The van der Waals surface area contributed by atoms with Crippen LogP contribution in [0.4, 0.5) is 13.2 Å². The third kappa shape index (κ3) is 7.61. The van der Waals surface area contributed by atoms with Gasteiger partial charge < -0.3 is 9.47 Å². The van der Waals surface area contributed by atoms with Gasteiger partial charge in [-0.05, 0) is 42.5 Å². The molecular weight excluding hydrogens is 497 g/mol. The molecule has 39 heavy (non-hydrogen) atoms. The Labute approximate surface area is 230 Å². The Bertz CT molecular complexity index is 1230. The third-order valence-electron chi connectivity index (χ3n) is 7.37. The smallest absolute Gasteiger partial charge is 0.183 e. The van der Waals surface area contributed by atoms with Gasteiger partial charge in [0, 0.05) is 22.6 Å². The number of ether oxygens (including phenoxy) is 2. The molecule has 0 radical (unpaired) electrons. The molecule has 3 aromatic carbocycles. The maximum absolute atomic E-state index is 15.0. The van der Waals surface area contributed by atoms with E-state index in [-0.39, 0.29) is 11.5 Å². The summed E-state index contributed by atoms with van der Waals surface area (Å²) in [6.07, 6.45) is 11.9. The average molecular weight is 537 g/mol. The number of unbranched alkanes of at least 4 members (excludes halogenated alkanes) is 6. The summed E-state index contributed by atoms with van der Waals surface area (Å²) in [6, 6.07) is 15.1. The first kappa shape index (κ1) is 29.1. The fourth-order valence-electron chi connectivity index (χ4n) is 5.11. The molecule has 0 bridgehead atoms. The monoisotopic (exact) mass is 536 g/mol. The second kappa shape index (κ2) is 14.5. The molecule has 0 saturated carbocycles. The van der Waals surface area contributed by atoms with Crippen molar-refractivity contribution < 1.29 is 22.6 Å². The Morgan fingerprint density at radius 1 is 0.744 bits per heavy atom. The highest BCUT2D eigenvalue weighted by Gasteiger charge is 2.23. The number of allylic oxidation sites excluding steroid dienone is 1. The number of aryl methyl sites for hydroxylation is 1. The van der Waals surface area contributed by atoms with Crippen molar-refractivity contribution in [2.45, 2.75) is 71.5 Å². The minimum atomic E-state index is -0.831. The van der Waals surface area contributed by atoms with Crippen molar-refractivity contribution >= 4 is 0 Å². The van der Waals surface area contributed by atoms with Crippen LogP contribution in [-0.4, -0.2) is 13.2 Å². The summed E-state index contributed by atoms with van der Waals surface area (Å²) < 4.78 is 56.4. The Morgan fingerprint density at radius 3 is 2.00 bits per heavy atom. The highest BCUT2D eigenvalue weighted by molar-refractivity contribution is 5.71. The van der Waals surface area contributed by atoms with Crippen LogP contribution in [0.5, 0.6) is 0 Å². The summed E-state index contributed by atoms with van der Waals surface area (Å²) in [4.78, 5) is 0. The summed E-state index contributed by atoms with van der Waals surface area (Å²) in [5, 5.41) is 0. The molecule has 4 rings (SSSR count). The van der Waals surface area contributed by atoms with E-state index in [0.29, 0.717) is 47.5 Å². The van der Waals surface area contributed by atoms with Crippen LogP contribution in [-0.2, 0) is 15.9 Å². The zero-order valence-electron chi connectivity index (χ0n) is 23.0. The van der Waals surface area contributed by atoms with E-state index >= 15 is 4.39 Å². The van der Waals surface area contributed by atoms with Gasteiger partial charge in [0.1, 0.15) is 5.82 Å².